The zero-order valence-electron chi connectivity index (χ0n) is 21.8. The number of phosphoric acid groups is 1. The maximum Gasteiger partial charge on any atom is 0.472 e. The van der Waals surface area contributed by atoms with Crippen LogP contribution in [0.5, 0.6) is 0 Å². The fraction of sp³-hybridized carbons (Fsp3) is 0.524. The van der Waals surface area contributed by atoms with Gasteiger partial charge < -0.3 is 40.2 Å². The molecule has 1 saturated carbocycles. The highest BCUT2D eigenvalue weighted by molar-refractivity contribution is 7.52. The van der Waals surface area contributed by atoms with Crippen LogP contribution in [0.15, 0.2) is 25.3 Å². The number of fused-ring (bicyclic) bond motifs is 5. The summed E-state index contributed by atoms with van der Waals surface area (Å²) < 4.78 is 67.3. The van der Waals surface area contributed by atoms with Crippen LogP contribution in [-0.2, 0) is 27.4 Å². The Bertz CT molecular complexity index is 1810. The summed E-state index contributed by atoms with van der Waals surface area (Å²) in [5, 5.41) is 11.1. The Labute approximate surface area is 240 Å². The van der Waals surface area contributed by atoms with Crippen LogP contribution in [0, 0.1) is 5.92 Å². The molecular weight excluding hydrogens is 617 g/mol. The van der Waals surface area contributed by atoms with Crippen molar-refractivity contribution in [2.24, 2.45) is 5.92 Å². The number of anilines is 2. The quantitative estimate of drug-likeness (QED) is 0.181. The van der Waals surface area contributed by atoms with E-state index in [-0.39, 0.29) is 40.4 Å². The van der Waals surface area contributed by atoms with Gasteiger partial charge in [-0.25, -0.2) is 38.9 Å². The van der Waals surface area contributed by atoms with Crippen molar-refractivity contribution in [2.75, 3.05) is 24.2 Å². The van der Waals surface area contributed by atoms with Gasteiger partial charge in [0.1, 0.15) is 35.9 Å². The number of hydrogen-bond donors (Lipinski definition) is 5. The van der Waals surface area contributed by atoms with Gasteiger partial charge in [0.2, 0.25) is 0 Å². The van der Waals surface area contributed by atoms with E-state index in [9.17, 15) is 24.0 Å². The van der Waals surface area contributed by atoms with Crippen molar-refractivity contribution in [3.05, 3.63) is 25.3 Å². The number of rotatable bonds is 2. The van der Waals surface area contributed by atoms with E-state index in [0.717, 1.165) is 6.33 Å². The first-order valence-corrected chi connectivity index (χ1v) is 16.2. The lowest BCUT2D eigenvalue weighted by molar-refractivity contribution is -0.0507. The molecule has 230 valence electrons. The number of halogens is 1. The second kappa shape index (κ2) is 10.2. The number of nitrogen functional groups attached to an aromatic ring is 2. The van der Waals surface area contributed by atoms with E-state index in [1.54, 1.807) is 0 Å². The third kappa shape index (κ3) is 4.88. The van der Waals surface area contributed by atoms with E-state index >= 15 is 4.39 Å². The number of aliphatic hydroxyl groups excluding tert-OH is 1. The SMILES string of the molecule is Nc1ncnc2c1ncn2[C@@H]1C[C@@H]2OP(=O)(O)C[C@H]3[C@@H](F)[C@H](n4cnc5c(N)ncnc54)O[C@@H]3COP(=O)(O)O[C@@H]1[C@@H]2O. The molecule has 7 rings (SSSR count). The van der Waals surface area contributed by atoms with Crippen molar-refractivity contribution < 1.29 is 46.7 Å². The first-order chi connectivity index (χ1) is 20.4. The van der Waals surface area contributed by atoms with Crippen LogP contribution in [0.1, 0.15) is 18.7 Å². The molecule has 4 aromatic heterocycles. The minimum atomic E-state index is -4.95. The van der Waals surface area contributed by atoms with Crippen molar-refractivity contribution in [1.82, 2.24) is 39.0 Å². The number of ether oxygens (including phenoxy) is 1. The predicted octanol–water partition coefficient (Wildman–Crippen LogP) is 0.0744. The monoisotopic (exact) mass is 642 g/mol. The molecule has 2 aliphatic heterocycles. The van der Waals surface area contributed by atoms with E-state index in [1.807, 2.05) is 0 Å². The summed E-state index contributed by atoms with van der Waals surface area (Å²) in [5.41, 5.74) is 12.5. The molecule has 0 amide bonds. The van der Waals surface area contributed by atoms with Crippen molar-refractivity contribution in [3.63, 3.8) is 0 Å². The lowest BCUT2D eigenvalue weighted by atomic mass is 10.0. The number of aliphatic hydroxyl groups is 1. The van der Waals surface area contributed by atoms with Crippen LogP contribution in [0.3, 0.4) is 0 Å². The van der Waals surface area contributed by atoms with Crippen LogP contribution in [0.2, 0.25) is 0 Å². The zero-order chi connectivity index (χ0) is 30.3. The normalized spacial score (nSPS) is 38.6. The zero-order valence-corrected chi connectivity index (χ0v) is 23.6. The minimum absolute atomic E-state index is 0.0464. The third-order valence-corrected chi connectivity index (χ3v) is 10.3. The summed E-state index contributed by atoms with van der Waals surface area (Å²) in [5.74, 6) is -1.25. The molecule has 3 fully saturated rings. The summed E-state index contributed by atoms with van der Waals surface area (Å²) in [7, 11) is -9.60. The van der Waals surface area contributed by atoms with Gasteiger partial charge in [-0.15, -0.1) is 0 Å². The number of nitrogens with zero attached hydrogens (tertiary/aromatic N) is 8. The van der Waals surface area contributed by atoms with E-state index in [0.29, 0.717) is 0 Å². The molecule has 1 aliphatic carbocycles. The van der Waals surface area contributed by atoms with E-state index in [4.69, 9.17) is 29.8 Å². The molecule has 7 N–H and O–H groups in total. The number of phosphoric ester groups is 1. The fourth-order valence-corrected chi connectivity index (χ4v) is 8.53. The van der Waals surface area contributed by atoms with Crippen LogP contribution in [-0.4, -0.2) is 97.3 Å². The molecule has 0 radical (unpaired) electrons. The van der Waals surface area contributed by atoms with E-state index in [2.05, 4.69) is 29.9 Å². The molecule has 0 aromatic carbocycles. The molecule has 0 spiro atoms. The number of nitrogens with two attached hydrogens (primary N) is 2. The van der Waals surface area contributed by atoms with Gasteiger partial charge >= 0.3 is 15.4 Å². The predicted molar refractivity (Wildman–Crippen MR) is 142 cm³/mol. The van der Waals surface area contributed by atoms with Crippen LogP contribution in [0.25, 0.3) is 22.3 Å². The molecular formula is C21H25FN10O9P2. The summed E-state index contributed by atoms with van der Waals surface area (Å²) in [6, 6.07) is -0.970. The topological polar surface area (TPSA) is 271 Å². The number of imidazole rings is 2. The van der Waals surface area contributed by atoms with Gasteiger partial charge in [0, 0.05) is 12.3 Å². The Morgan fingerprint density at radius 1 is 0.907 bits per heavy atom. The average molecular weight is 642 g/mol. The average Bonchev–Trinajstić information content (AvgIpc) is 3.70. The Hall–Kier alpha value is -3.19. The number of aromatic nitrogens is 8. The van der Waals surface area contributed by atoms with Crippen molar-refractivity contribution >= 4 is 49.4 Å². The van der Waals surface area contributed by atoms with Gasteiger partial charge in [-0.05, 0) is 0 Å². The van der Waals surface area contributed by atoms with Gasteiger partial charge in [0.15, 0.2) is 35.3 Å². The summed E-state index contributed by atoms with van der Waals surface area (Å²) >= 11 is 0. The second-order valence-corrected chi connectivity index (χ2v) is 13.7. The van der Waals surface area contributed by atoms with Gasteiger partial charge in [0.05, 0.1) is 43.7 Å². The maximum atomic E-state index is 16.0. The van der Waals surface area contributed by atoms with Crippen molar-refractivity contribution in [1.29, 1.82) is 0 Å². The van der Waals surface area contributed by atoms with Gasteiger partial charge in [0.25, 0.3) is 0 Å². The highest BCUT2D eigenvalue weighted by Crippen LogP contribution is 2.57. The second-order valence-electron chi connectivity index (χ2n) is 10.4. The number of hydrogen-bond acceptors (Lipinski definition) is 15. The van der Waals surface area contributed by atoms with Crippen LogP contribution >= 0.6 is 15.4 Å². The number of alkyl halides is 1. The van der Waals surface area contributed by atoms with Crippen molar-refractivity contribution in [2.45, 2.75) is 49.3 Å². The lowest BCUT2D eigenvalue weighted by Gasteiger charge is -2.28. The fourth-order valence-electron chi connectivity index (χ4n) is 5.87. The van der Waals surface area contributed by atoms with Gasteiger partial charge in [-0.3, -0.25) is 18.2 Å². The largest absolute Gasteiger partial charge is 0.472 e. The Morgan fingerprint density at radius 3 is 2.21 bits per heavy atom. The molecule has 3 aliphatic rings. The maximum absolute atomic E-state index is 16.0. The molecule has 10 atom stereocenters. The van der Waals surface area contributed by atoms with Crippen LogP contribution < -0.4 is 11.5 Å². The first kappa shape index (κ1) is 28.6. The molecule has 2 bridgehead atoms. The van der Waals surface area contributed by atoms with Gasteiger partial charge in [-0.2, -0.15) is 0 Å². The van der Waals surface area contributed by atoms with E-state index < -0.39 is 77.0 Å². The Kier molecular flexibility index (Phi) is 6.77. The highest BCUT2D eigenvalue weighted by atomic mass is 31.2. The van der Waals surface area contributed by atoms with Gasteiger partial charge in [-0.1, -0.05) is 0 Å². The summed E-state index contributed by atoms with van der Waals surface area (Å²) in [6.07, 6.45) is -5.30. The molecule has 6 heterocycles. The molecule has 2 unspecified atom stereocenters. The minimum Gasteiger partial charge on any atom is -0.388 e. The first-order valence-electron chi connectivity index (χ1n) is 12.9. The molecule has 4 aromatic rings. The smallest absolute Gasteiger partial charge is 0.388 e. The van der Waals surface area contributed by atoms with Crippen molar-refractivity contribution in [3.8, 4) is 0 Å². The summed E-state index contributed by atoms with van der Waals surface area (Å²) in [4.78, 5) is 45.8. The lowest BCUT2D eigenvalue weighted by Crippen LogP contribution is -2.36. The highest BCUT2D eigenvalue weighted by Gasteiger charge is 2.55. The molecule has 22 heteroatoms. The third-order valence-electron chi connectivity index (χ3n) is 7.85. The summed E-state index contributed by atoms with van der Waals surface area (Å²) in [6.45, 7) is -0.714. The standard InChI is InChI=1S/C21H25FN10O9P2/c22-12-8-3-42(34,35)40-10-1-9(31-6-29-13-17(23)25-4-27-19(13)31)16(15(10)33)41-43(36,37)38-2-11(8)39-21(12)32-7-30-14-18(24)26-5-28-20(14)32/h4-12,15-16,21,33H,1-3H2,(H,34,35)(H,36,37)(H2,23,25,27)(H2,24,26,28)/t8-,9-,10+,11-,12-,15-,16+,21-/m1/s1. The molecule has 19 nitrogen and oxygen atoms in total. The Morgan fingerprint density at radius 2 is 1.53 bits per heavy atom. The van der Waals surface area contributed by atoms with Crippen LogP contribution in [0.4, 0.5) is 16.0 Å². The Balaban J connectivity index is 1.21. The molecule has 43 heavy (non-hydrogen) atoms. The molecule has 2 saturated heterocycles. The van der Waals surface area contributed by atoms with E-state index in [1.165, 1.54) is 28.1 Å².